The van der Waals surface area contributed by atoms with Gasteiger partial charge >= 0.3 is 5.97 Å². The van der Waals surface area contributed by atoms with Crippen molar-refractivity contribution in [1.82, 2.24) is 0 Å². The van der Waals surface area contributed by atoms with Gasteiger partial charge in [-0.05, 0) is 24.3 Å². The summed E-state index contributed by atoms with van der Waals surface area (Å²) in [5.74, 6) is -1.81. The molecule has 7 heteroatoms. The molecule has 1 N–H and O–H groups in total. The molecule has 0 aliphatic carbocycles. The lowest BCUT2D eigenvalue weighted by molar-refractivity contribution is -0.144. The number of carbonyl (C=O) groups excluding carboxylic acids is 2. The van der Waals surface area contributed by atoms with E-state index in [0.717, 1.165) is 4.90 Å². The van der Waals surface area contributed by atoms with Gasteiger partial charge in [0.05, 0.1) is 21.8 Å². The van der Waals surface area contributed by atoms with Crippen LogP contribution in [-0.4, -0.2) is 29.0 Å². The van der Waals surface area contributed by atoms with E-state index in [9.17, 15) is 14.4 Å². The normalized spacial score (nSPS) is 18.4. The summed E-state index contributed by atoms with van der Waals surface area (Å²) in [6, 6.07) is 9.57. The lowest BCUT2D eigenvalue weighted by Crippen LogP contribution is -2.30. The Hall–Kier alpha value is -2.86. The average Bonchev–Trinajstić information content (AvgIpc) is 3.12. The summed E-state index contributed by atoms with van der Waals surface area (Å²) >= 11 is 6.07. The van der Waals surface area contributed by atoms with Crippen molar-refractivity contribution in [3.8, 4) is 5.75 Å². The molecule has 2 amide bonds. The van der Waals surface area contributed by atoms with Crippen LogP contribution in [0.1, 0.15) is 26.3 Å². The lowest BCUT2D eigenvalue weighted by Gasteiger charge is -2.17. The van der Waals surface area contributed by atoms with Crippen LogP contribution in [0.15, 0.2) is 36.4 Å². The Morgan fingerprint density at radius 1 is 1.12 bits per heavy atom. The smallest absolute Gasteiger partial charge is 0.345 e. The highest BCUT2D eigenvalue weighted by Crippen LogP contribution is 2.43. The molecule has 2 aliphatic heterocycles. The maximum absolute atomic E-state index is 12.6. The third-order valence-corrected chi connectivity index (χ3v) is 4.45. The van der Waals surface area contributed by atoms with Crippen molar-refractivity contribution in [3.05, 3.63) is 58.1 Å². The van der Waals surface area contributed by atoms with Gasteiger partial charge < -0.3 is 9.84 Å². The zero-order valence-corrected chi connectivity index (χ0v) is 12.9. The van der Waals surface area contributed by atoms with Gasteiger partial charge in [-0.1, -0.05) is 23.7 Å². The van der Waals surface area contributed by atoms with Gasteiger partial charge in [-0.25, -0.2) is 9.69 Å². The number of aliphatic carboxylic acids is 1. The lowest BCUT2D eigenvalue weighted by atomic mass is 10.1. The maximum Gasteiger partial charge on any atom is 0.345 e. The Bertz CT molecular complexity index is 888. The molecule has 2 aromatic carbocycles. The van der Waals surface area contributed by atoms with E-state index < -0.39 is 23.9 Å². The second-order valence-electron chi connectivity index (χ2n) is 5.51. The first kappa shape index (κ1) is 14.7. The van der Waals surface area contributed by atoms with Crippen LogP contribution < -0.4 is 9.64 Å². The fraction of sp³-hybridized carbons (Fsp3) is 0.118. The maximum atomic E-state index is 12.6. The summed E-state index contributed by atoms with van der Waals surface area (Å²) < 4.78 is 5.37. The van der Waals surface area contributed by atoms with Crippen molar-refractivity contribution in [2.75, 3.05) is 4.90 Å². The number of rotatable bonds is 2. The molecule has 2 aromatic rings. The molecule has 6 nitrogen and oxygen atoms in total. The summed E-state index contributed by atoms with van der Waals surface area (Å²) in [6.45, 7) is 0. The van der Waals surface area contributed by atoms with Crippen molar-refractivity contribution in [1.29, 1.82) is 0 Å². The number of fused-ring (bicyclic) bond motifs is 2. The Labute approximate surface area is 141 Å². The largest absolute Gasteiger partial charge is 0.478 e. The monoisotopic (exact) mass is 343 g/mol. The average molecular weight is 344 g/mol. The molecule has 2 aliphatic rings. The van der Waals surface area contributed by atoms with E-state index in [0.29, 0.717) is 22.4 Å². The molecule has 0 bridgehead atoms. The van der Waals surface area contributed by atoms with Crippen LogP contribution >= 0.6 is 11.6 Å². The Morgan fingerprint density at radius 2 is 1.75 bits per heavy atom. The summed E-state index contributed by atoms with van der Waals surface area (Å²) in [7, 11) is 0. The van der Waals surface area contributed by atoms with Gasteiger partial charge in [0.15, 0.2) is 6.10 Å². The first-order valence-corrected chi connectivity index (χ1v) is 7.55. The van der Waals surface area contributed by atoms with E-state index in [1.165, 1.54) is 12.1 Å². The van der Waals surface area contributed by atoms with Crippen molar-refractivity contribution in [2.24, 2.45) is 0 Å². The van der Waals surface area contributed by atoms with E-state index in [2.05, 4.69) is 0 Å². The van der Waals surface area contributed by atoms with Crippen LogP contribution in [0.5, 0.6) is 5.75 Å². The second-order valence-corrected chi connectivity index (χ2v) is 5.92. The van der Waals surface area contributed by atoms with E-state index in [1.807, 2.05) is 0 Å². The molecular formula is C17H10ClNO5. The van der Waals surface area contributed by atoms with E-state index in [-0.39, 0.29) is 17.2 Å². The van der Waals surface area contributed by atoms with Crippen LogP contribution in [0.4, 0.5) is 5.69 Å². The van der Waals surface area contributed by atoms with Crippen molar-refractivity contribution < 1.29 is 24.2 Å². The third kappa shape index (κ3) is 1.93. The highest BCUT2D eigenvalue weighted by molar-refractivity contribution is 6.35. The third-order valence-electron chi connectivity index (χ3n) is 4.15. The Morgan fingerprint density at radius 3 is 2.33 bits per heavy atom. The number of halogens is 1. The zero-order chi connectivity index (χ0) is 17.0. The fourth-order valence-corrected chi connectivity index (χ4v) is 3.26. The number of carbonyl (C=O) groups is 3. The number of nitrogens with zero attached hydrogens (tertiary/aromatic N) is 1. The molecule has 0 spiro atoms. The minimum Gasteiger partial charge on any atom is -0.478 e. The van der Waals surface area contributed by atoms with Crippen molar-refractivity contribution in [3.63, 3.8) is 0 Å². The molecule has 0 saturated carbocycles. The molecule has 2 heterocycles. The first-order valence-electron chi connectivity index (χ1n) is 7.17. The number of ether oxygens (including phenoxy) is 1. The quantitative estimate of drug-likeness (QED) is 0.847. The molecule has 1 atom stereocenters. The minimum atomic E-state index is -1.13. The standard InChI is InChI=1S/C17H10ClNO5/c18-11-5-6-12(10-7-13(17(22)23)24-14(10)11)19-15(20)8-3-1-2-4-9(8)16(19)21/h1-6,13H,7H2,(H,22,23). The van der Waals surface area contributed by atoms with Crippen LogP contribution in [-0.2, 0) is 11.2 Å². The Kier molecular flexibility index (Phi) is 3.11. The molecule has 0 aromatic heterocycles. The highest BCUT2D eigenvalue weighted by atomic mass is 35.5. The number of anilines is 1. The van der Waals surface area contributed by atoms with Crippen molar-refractivity contribution in [2.45, 2.75) is 12.5 Å². The van der Waals surface area contributed by atoms with Gasteiger partial charge in [0.1, 0.15) is 5.75 Å². The van der Waals surface area contributed by atoms with E-state index in [1.54, 1.807) is 24.3 Å². The number of benzene rings is 2. The predicted octanol–water partition coefficient (Wildman–Crippen LogP) is 2.53. The Balaban J connectivity index is 1.84. The molecule has 120 valence electrons. The second kappa shape index (κ2) is 5.07. The van der Waals surface area contributed by atoms with Gasteiger partial charge in [0.2, 0.25) is 0 Å². The molecule has 1 unspecified atom stereocenters. The van der Waals surface area contributed by atoms with Crippen molar-refractivity contribution >= 4 is 35.1 Å². The van der Waals surface area contributed by atoms with Crippen LogP contribution in [0, 0.1) is 0 Å². The summed E-state index contributed by atoms with van der Waals surface area (Å²) in [5, 5.41) is 9.41. The van der Waals surface area contributed by atoms with E-state index >= 15 is 0 Å². The van der Waals surface area contributed by atoms with Crippen LogP contribution in [0.3, 0.4) is 0 Å². The molecule has 4 rings (SSSR count). The fourth-order valence-electron chi connectivity index (χ4n) is 3.04. The first-order chi connectivity index (χ1) is 11.5. The van der Waals surface area contributed by atoms with Gasteiger partial charge in [-0.15, -0.1) is 0 Å². The summed E-state index contributed by atoms with van der Waals surface area (Å²) in [5.41, 5.74) is 1.40. The number of imide groups is 1. The molecule has 0 radical (unpaired) electrons. The van der Waals surface area contributed by atoms with Gasteiger partial charge in [0.25, 0.3) is 11.8 Å². The highest BCUT2D eigenvalue weighted by Gasteiger charge is 2.41. The molecule has 0 fully saturated rings. The SMILES string of the molecule is O=C(O)C1Cc2c(N3C(=O)c4ccccc4C3=O)ccc(Cl)c2O1. The van der Waals surface area contributed by atoms with Gasteiger partial charge in [-0.2, -0.15) is 0 Å². The van der Waals surface area contributed by atoms with E-state index in [4.69, 9.17) is 21.4 Å². The van der Waals surface area contributed by atoms with Gasteiger partial charge in [0, 0.05) is 12.0 Å². The zero-order valence-electron chi connectivity index (χ0n) is 12.2. The number of amides is 2. The number of hydrogen-bond donors (Lipinski definition) is 1. The number of hydrogen-bond acceptors (Lipinski definition) is 4. The minimum absolute atomic E-state index is 0.0357. The topological polar surface area (TPSA) is 83.9 Å². The number of carboxylic acid groups (broad SMARTS) is 1. The summed E-state index contributed by atoms with van der Waals surface area (Å²) in [4.78, 5) is 37.5. The molecular weight excluding hydrogens is 334 g/mol. The van der Waals surface area contributed by atoms with Crippen LogP contribution in [0.25, 0.3) is 0 Å². The van der Waals surface area contributed by atoms with Gasteiger partial charge in [-0.3, -0.25) is 9.59 Å². The van der Waals surface area contributed by atoms with Crippen LogP contribution in [0.2, 0.25) is 5.02 Å². The molecule has 0 saturated heterocycles. The molecule has 24 heavy (non-hydrogen) atoms. The number of carboxylic acids is 1. The summed E-state index contributed by atoms with van der Waals surface area (Å²) in [6.07, 6.45) is -1.05. The predicted molar refractivity (Wildman–Crippen MR) is 84.8 cm³/mol.